The predicted molar refractivity (Wildman–Crippen MR) is 104 cm³/mol. The Bertz CT molecular complexity index is 721. The van der Waals surface area contributed by atoms with Crippen LogP contribution in [0.25, 0.3) is 10.9 Å². The standard InChI is InChI=1S/C21H31NO3/c1-3-5-7-8-9-10-13-22-19-15-17(25-14-6-4-2)11-12-18(19)20(23)16-21(22)24/h11-12,15-16,23H,3-10,13-14H2,1-2H3. The highest BCUT2D eigenvalue weighted by Gasteiger charge is 2.09. The maximum absolute atomic E-state index is 12.4. The first-order valence-electron chi connectivity index (χ1n) is 9.66. The maximum Gasteiger partial charge on any atom is 0.254 e. The van der Waals surface area contributed by atoms with Gasteiger partial charge in [-0.2, -0.15) is 0 Å². The molecular formula is C21H31NO3. The average molecular weight is 345 g/mol. The fourth-order valence-electron chi connectivity index (χ4n) is 3.05. The quantitative estimate of drug-likeness (QED) is 0.566. The summed E-state index contributed by atoms with van der Waals surface area (Å²) in [5.74, 6) is 0.793. The summed E-state index contributed by atoms with van der Waals surface area (Å²) < 4.78 is 7.53. The Balaban J connectivity index is 2.15. The van der Waals surface area contributed by atoms with Crippen LogP contribution in [-0.4, -0.2) is 16.3 Å². The highest BCUT2D eigenvalue weighted by molar-refractivity contribution is 5.86. The molecule has 0 bridgehead atoms. The van der Waals surface area contributed by atoms with E-state index in [2.05, 4.69) is 13.8 Å². The molecular weight excluding hydrogens is 314 g/mol. The van der Waals surface area contributed by atoms with Gasteiger partial charge in [-0.1, -0.05) is 52.4 Å². The molecule has 138 valence electrons. The highest BCUT2D eigenvalue weighted by Crippen LogP contribution is 2.27. The molecule has 0 saturated heterocycles. The van der Waals surface area contributed by atoms with Crippen LogP contribution in [0.1, 0.15) is 65.2 Å². The molecule has 1 N–H and O–H groups in total. The van der Waals surface area contributed by atoms with Crippen LogP contribution in [0, 0.1) is 0 Å². The van der Waals surface area contributed by atoms with E-state index in [1.807, 2.05) is 18.2 Å². The molecule has 0 aliphatic heterocycles. The van der Waals surface area contributed by atoms with Crippen molar-refractivity contribution in [1.82, 2.24) is 4.57 Å². The molecule has 1 aromatic heterocycles. The van der Waals surface area contributed by atoms with Gasteiger partial charge in [-0.05, 0) is 25.0 Å². The summed E-state index contributed by atoms with van der Waals surface area (Å²) in [6.45, 7) is 5.69. The van der Waals surface area contributed by atoms with E-state index in [9.17, 15) is 9.90 Å². The third-order valence-electron chi connectivity index (χ3n) is 4.56. The van der Waals surface area contributed by atoms with Gasteiger partial charge in [0.25, 0.3) is 5.56 Å². The Morgan fingerprint density at radius 2 is 1.68 bits per heavy atom. The van der Waals surface area contributed by atoms with E-state index in [0.29, 0.717) is 18.5 Å². The van der Waals surface area contributed by atoms with Crippen LogP contribution in [0.15, 0.2) is 29.1 Å². The lowest BCUT2D eigenvalue weighted by Crippen LogP contribution is -2.19. The van der Waals surface area contributed by atoms with Crippen molar-refractivity contribution in [3.63, 3.8) is 0 Å². The number of benzene rings is 1. The van der Waals surface area contributed by atoms with Gasteiger partial charge < -0.3 is 14.4 Å². The summed E-state index contributed by atoms with van der Waals surface area (Å²) in [6, 6.07) is 6.89. The summed E-state index contributed by atoms with van der Waals surface area (Å²) in [5, 5.41) is 10.8. The fraction of sp³-hybridized carbons (Fsp3) is 0.571. The molecule has 0 aliphatic rings. The molecule has 0 radical (unpaired) electrons. The van der Waals surface area contributed by atoms with Crippen LogP contribution < -0.4 is 10.3 Å². The summed E-state index contributed by atoms with van der Waals surface area (Å²) in [5.41, 5.74) is 0.608. The van der Waals surface area contributed by atoms with Crippen molar-refractivity contribution in [3.05, 3.63) is 34.6 Å². The number of aromatic nitrogens is 1. The molecule has 4 nitrogen and oxygen atoms in total. The second-order valence-corrected chi connectivity index (χ2v) is 6.67. The van der Waals surface area contributed by atoms with E-state index in [0.717, 1.165) is 36.9 Å². The topological polar surface area (TPSA) is 51.5 Å². The van der Waals surface area contributed by atoms with Gasteiger partial charge in [-0.25, -0.2) is 0 Å². The summed E-state index contributed by atoms with van der Waals surface area (Å²) in [4.78, 5) is 12.4. The van der Waals surface area contributed by atoms with Crippen LogP contribution >= 0.6 is 0 Å². The van der Waals surface area contributed by atoms with Crippen LogP contribution in [0.2, 0.25) is 0 Å². The third kappa shape index (κ3) is 5.52. The number of rotatable bonds is 11. The van der Waals surface area contributed by atoms with E-state index >= 15 is 0 Å². The van der Waals surface area contributed by atoms with Crippen molar-refractivity contribution in [1.29, 1.82) is 0 Å². The Hall–Kier alpha value is -1.97. The second-order valence-electron chi connectivity index (χ2n) is 6.67. The third-order valence-corrected chi connectivity index (χ3v) is 4.56. The normalized spacial score (nSPS) is 11.1. The molecule has 0 aliphatic carbocycles. The molecule has 0 spiro atoms. The lowest BCUT2D eigenvalue weighted by Gasteiger charge is -2.13. The lowest BCUT2D eigenvalue weighted by atomic mass is 10.1. The number of unbranched alkanes of at least 4 members (excludes halogenated alkanes) is 6. The molecule has 0 saturated carbocycles. The molecule has 1 heterocycles. The maximum atomic E-state index is 12.4. The molecule has 25 heavy (non-hydrogen) atoms. The first-order chi connectivity index (χ1) is 12.2. The highest BCUT2D eigenvalue weighted by atomic mass is 16.5. The van der Waals surface area contributed by atoms with Gasteiger partial charge in [0.1, 0.15) is 11.5 Å². The number of ether oxygens (including phenoxy) is 1. The molecule has 4 heteroatoms. The van der Waals surface area contributed by atoms with Crippen LogP contribution in [0.3, 0.4) is 0 Å². The molecule has 0 fully saturated rings. The molecule has 2 aromatic rings. The van der Waals surface area contributed by atoms with Gasteiger partial charge in [0.2, 0.25) is 0 Å². The summed E-state index contributed by atoms with van der Waals surface area (Å²) >= 11 is 0. The van der Waals surface area contributed by atoms with Crippen LogP contribution in [0.4, 0.5) is 0 Å². The van der Waals surface area contributed by atoms with Crippen LogP contribution in [0.5, 0.6) is 11.5 Å². The Morgan fingerprint density at radius 1 is 0.960 bits per heavy atom. The number of nitrogens with zero attached hydrogens (tertiary/aromatic N) is 1. The first-order valence-corrected chi connectivity index (χ1v) is 9.66. The zero-order valence-electron chi connectivity index (χ0n) is 15.6. The largest absolute Gasteiger partial charge is 0.507 e. The van der Waals surface area contributed by atoms with Crippen molar-refractivity contribution in [2.24, 2.45) is 0 Å². The summed E-state index contributed by atoms with van der Waals surface area (Å²) in [7, 11) is 0. The minimum atomic E-state index is -0.149. The smallest absolute Gasteiger partial charge is 0.254 e. The fourth-order valence-corrected chi connectivity index (χ4v) is 3.05. The van der Waals surface area contributed by atoms with Crippen molar-refractivity contribution >= 4 is 10.9 Å². The number of aromatic hydroxyl groups is 1. The molecule has 0 atom stereocenters. The molecule has 0 amide bonds. The number of aryl methyl sites for hydroxylation is 1. The van der Waals surface area contributed by atoms with E-state index in [-0.39, 0.29) is 11.3 Å². The second kappa shape index (κ2) is 10.1. The monoisotopic (exact) mass is 345 g/mol. The Morgan fingerprint density at radius 3 is 2.44 bits per heavy atom. The van der Waals surface area contributed by atoms with Crippen molar-refractivity contribution < 1.29 is 9.84 Å². The first kappa shape index (κ1) is 19.4. The number of hydrogen-bond donors (Lipinski definition) is 1. The molecule has 0 unspecified atom stereocenters. The van der Waals surface area contributed by atoms with Crippen molar-refractivity contribution in [2.75, 3.05) is 6.61 Å². The van der Waals surface area contributed by atoms with E-state index < -0.39 is 0 Å². The minimum absolute atomic E-state index is 0.0410. The van der Waals surface area contributed by atoms with Gasteiger partial charge in [0.05, 0.1) is 12.1 Å². The SMILES string of the molecule is CCCCCCCCn1c(=O)cc(O)c2ccc(OCCCC)cc21. The number of fused-ring (bicyclic) bond motifs is 1. The molecule has 2 rings (SSSR count). The van der Waals surface area contributed by atoms with Gasteiger partial charge in [-0.15, -0.1) is 0 Å². The van der Waals surface area contributed by atoms with Crippen LogP contribution in [-0.2, 0) is 6.54 Å². The van der Waals surface area contributed by atoms with E-state index in [1.54, 1.807) is 4.57 Å². The van der Waals surface area contributed by atoms with Gasteiger partial charge in [-0.3, -0.25) is 4.79 Å². The average Bonchev–Trinajstić information content (AvgIpc) is 2.60. The zero-order chi connectivity index (χ0) is 18.1. The number of pyridine rings is 1. The minimum Gasteiger partial charge on any atom is -0.507 e. The summed E-state index contributed by atoms with van der Waals surface area (Å²) in [6.07, 6.45) is 9.18. The van der Waals surface area contributed by atoms with Crippen molar-refractivity contribution in [2.45, 2.75) is 71.8 Å². The lowest BCUT2D eigenvalue weighted by molar-refractivity contribution is 0.309. The van der Waals surface area contributed by atoms with Gasteiger partial charge >= 0.3 is 0 Å². The van der Waals surface area contributed by atoms with Crippen molar-refractivity contribution in [3.8, 4) is 11.5 Å². The van der Waals surface area contributed by atoms with Gasteiger partial charge in [0, 0.05) is 24.1 Å². The number of hydrogen-bond acceptors (Lipinski definition) is 3. The van der Waals surface area contributed by atoms with Gasteiger partial charge in [0.15, 0.2) is 0 Å². The zero-order valence-corrected chi connectivity index (χ0v) is 15.6. The Labute approximate surface area is 150 Å². The predicted octanol–water partition coefficient (Wildman–Crippen LogP) is 5.25. The Kier molecular flexibility index (Phi) is 7.83. The molecule has 1 aromatic carbocycles. The van der Waals surface area contributed by atoms with E-state index in [1.165, 1.54) is 31.7 Å². The van der Waals surface area contributed by atoms with E-state index in [4.69, 9.17) is 4.74 Å².